The number of benzene rings is 2. The van der Waals surface area contributed by atoms with Crippen molar-refractivity contribution in [1.29, 1.82) is 0 Å². The zero-order valence-electron chi connectivity index (χ0n) is 32.3. The normalized spacial score (nSPS) is 24.6. The number of ether oxygens (including phenoxy) is 2. The highest BCUT2D eigenvalue weighted by Gasteiger charge is 2.53. The summed E-state index contributed by atoms with van der Waals surface area (Å²) >= 11 is 0. The number of rotatable bonds is 11. The lowest BCUT2D eigenvalue weighted by Crippen LogP contribution is -2.60. The number of halogens is 1. The molecule has 54 heavy (non-hydrogen) atoms. The van der Waals surface area contributed by atoms with E-state index in [0.29, 0.717) is 11.8 Å². The van der Waals surface area contributed by atoms with Crippen LogP contribution in [0.25, 0.3) is 0 Å². The maximum atomic E-state index is 15.0. The fraction of sp³-hybridized carbons (Fsp3) is 0.659. The molecule has 0 bridgehead atoms. The number of hydrogen-bond acceptors (Lipinski definition) is 9. The van der Waals surface area contributed by atoms with Crippen molar-refractivity contribution in [2.45, 2.75) is 86.5 Å². The fourth-order valence-electron chi connectivity index (χ4n) is 9.78. The first kappa shape index (κ1) is 38.8. The van der Waals surface area contributed by atoms with Crippen LogP contribution in [0.2, 0.25) is 0 Å². The molecule has 2 aromatic carbocycles. The van der Waals surface area contributed by atoms with Crippen LogP contribution in [0.3, 0.4) is 0 Å². The number of likely N-dealkylation sites (tertiary alicyclic amines) is 3. The molecule has 11 nitrogen and oxygen atoms in total. The number of nitrogens with zero attached hydrogens (tertiary/aromatic N) is 4. The second-order valence-corrected chi connectivity index (χ2v) is 19.6. The van der Waals surface area contributed by atoms with Crippen molar-refractivity contribution in [1.82, 2.24) is 20.0 Å². The summed E-state index contributed by atoms with van der Waals surface area (Å²) in [5, 5.41) is 2.56. The van der Waals surface area contributed by atoms with Crippen LogP contribution < -0.4 is 10.2 Å². The summed E-state index contributed by atoms with van der Waals surface area (Å²) in [6.45, 7) is 13.5. The number of hydrogen-bond donors (Lipinski definition) is 1. The van der Waals surface area contributed by atoms with Gasteiger partial charge in [-0.3, -0.25) is 0 Å². The Morgan fingerprint density at radius 2 is 1.59 bits per heavy atom. The smallest absolute Gasteiger partial charge is 0.410 e. The number of carbonyl (C=O) groups excluding carboxylic acids is 2. The third kappa shape index (κ3) is 8.09. The Hall–Kier alpha value is -3.42. The average molecular weight is 768 g/mol. The second kappa shape index (κ2) is 15.6. The van der Waals surface area contributed by atoms with Crippen LogP contribution >= 0.6 is 0 Å². The molecule has 2 amide bonds. The van der Waals surface area contributed by atoms with Gasteiger partial charge in [-0.15, -0.1) is 0 Å². The van der Waals surface area contributed by atoms with E-state index in [0.717, 1.165) is 95.7 Å². The molecular formula is C41H58FN5O6S. The van der Waals surface area contributed by atoms with Crippen LogP contribution in [0.5, 0.6) is 0 Å². The van der Waals surface area contributed by atoms with E-state index in [1.54, 1.807) is 39.0 Å². The van der Waals surface area contributed by atoms with Crippen molar-refractivity contribution < 1.29 is 31.9 Å². The maximum absolute atomic E-state index is 15.0. The molecule has 296 valence electrons. The maximum Gasteiger partial charge on any atom is 0.410 e. The lowest BCUT2D eigenvalue weighted by atomic mass is 9.57. The molecule has 4 heterocycles. The van der Waals surface area contributed by atoms with Crippen LogP contribution in [0, 0.1) is 23.6 Å². The number of nitrogens with one attached hydrogen (secondary N) is 1. The Labute approximate surface area is 320 Å². The topological polar surface area (TPSA) is 112 Å². The van der Waals surface area contributed by atoms with E-state index in [4.69, 9.17) is 9.47 Å². The van der Waals surface area contributed by atoms with Crippen LogP contribution in [0.1, 0.15) is 64.9 Å². The van der Waals surface area contributed by atoms with Gasteiger partial charge in [-0.25, -0.2) is 22.4 Å². The minimum atomic E-state index is -3.55. The van der Waals surface area contributed by atoms with E-state index in [1.165, 1.54) is 24.5 Å². The van der Waals surface area contributed by atoms with Gasteiger partial charge in [-0.1, -0.05) is 18.6 Å². The molecule has 1 N–H and O–H groups in total. The first-order valence-electron chi connectivity index (χ1n) is 19.9. The molecule has 1 unspecified atom stereocenters. The minimum absolute atomic E-state index is 0.0112. The number of alkyl carbamates (subject to hydrolysis) is 1. The Balaban J connectivity index is 0.955. The van der Waals surface area contributed by atoms with Crippen LogP contribution in [0.15, 0.2) is 53.4 Å². The number of piperidine rings is 1. The molecule has 4 saturated heterocycles. The zero-order chi connectivity index (χ0) is 38.3. The van der Waals surface area contributed by atoms with E-state index in [9.17, 15) is 22.4 Å². The Morgan fingerprint density at radius 1 is 0.889 bits per heavy atom. The number of anilines is 1. The quantitative estimate of drug-likeness (QED) is 0.316. The number of sulfone groups is 1. The van der Waals surface area contributed by atoms with Crippen LogP contribution in [0.4, 0.5) is 19.7 Å². The predicted molar refractivity (Wildman–Crippen MR) is 206 cm³/mol. The van der Waals surface area contributed by atoms with E-state index >= 15 is 0 Å². The SMILES string of the molecule is COC(=O)N[C@H]1CCC[C@@H]1C(CN1CCC1)(c1cccc(F)c1)C1CCN(CC2CN(c3ccc(S(=O)(=O)C4CN(C(=O)OC(C)(C)C)C4)cc3)C2)CC1. The average Bonchev–Trinajstić information content (AvgIpc) is 3.53. The number of methoxy groups -OCH3 is 1. The Bertz CT molecular complexity index is 1750. The van der Waals surface area contributed by atoms with Crippen molar-refractivity contribution in [3.63, 3.8) is 0 Å². The van der Waals surface area contributed by atoms with Gasteiger partial charge < -0.3 is 34.4 Å². The van der Waals surface area contributed by atoms with Crippen LogP contribution in [-0.4, -0.2) is 125 Å². The van der Waals surface area contributed by atoms with E-state index in [1.807, 2.05) is 18.2 Å². The molecule has 4 aliphatic heterocycles. The number of amides is 2. The lowest BCUT2D eigenvalue weighted by molar-refractivity contribution is 0.0139. The van der Waals surface area contributed by atoms with Gasteiger partial charge in [0.15, 0.2) is 9.84 Å². The fourth-order valence-corrected chi connectivity index (χ4v) is 11.4. The van der Waals surface area contributed by atoms with E-state index < -0.39 is 32.9 Å². The van der Waals surface area contributed by atoms with E-state index in [-0.39, 0.29) is 41.2 Å². The number of carbonyl (C=O) groups is 2. The molecule has 0 radical (unpaired) electrons. The molecule has 5 fully saturated rings. The van der Waals surface area contributed by atoms with Gasteiger partial charge in [0, 0.05) is 62.3 Å². The predicted octanol–water partition coefficient (Wildman–Crippen LogP) is 5.54. The van der Waals surface area contributed by atoms with Crippen molar-refractivity contribution in [2.75, 3.05) is 77.5 Å². The Kier molecular flexibility index (Phi) is 11.2. The molecular weight excluding hydrogens is 710 g/mol. The largest absolute Gasteiger partial charge is 0.453 e. The highest BCUT2D eigenvalue weighted by molar-refractivity contribution is 7.92. The molecule has 1 aliphatic carbocycles. The third-order valence-corrected chi connectivity index (χ3v) is 14.8. The molecule has 0 aromatic heterocycles. The molecule has 7 rings (SSSR count). The van der Waals surface area contributed by atoms with Gasteiger partial charge in [0.25, 0.3) is 0 Å². The minimum Gasteiger partial charge on any atom is -0.453 e. The van der Waals surface area contributed by atoms with Crippen LogP contribution in [-0.2, 0) is 24.7 Å². The van der Waals surface area contributed by atoms with Gasteiger partial charge in [-0.2, -0.15) is 0 Å². The van der Waals surface area contributed by atoms with Crippen molar-refractivity contribution >= 4 is 27.7 Å². The summed E-state index contributed by atoms with van der Waals surface area (Å²) in [7, 11) is -2.13. The summed E-state index contributed by atoms with van der Waals surface area (Å²) < 4.78 is 51.9. The van der Waals surface area contributed by atoms with Crippen molar-refractivity contribution in [2.24, 2.45) is 17.8 Å². The summed E-state index contributed by atoms with van der Waals surface area (Å²) in [5.41, 5.74) is 1.19. The van der Waals surface area contributed by atoms with Gasteiger partial charge in [0.2, 0.25) is 0 Å². The molecule has 1 saturated carbocycles. The van der Waals surface area contributed by atoms with E-state index in [2.05, 4.69) is 26.1 Å². The third-order valence-electron chi connectivity index (χ3n) is 12.7. The lowest BCUT2D eigenvalue weighted by Gasteiger charge is -2.54. The standard InChI is InChI=1S/C41H58FN5O6S/c1-40(2,3)53-39(49)47-26-35(27-47)54(50,51)34-14-12-33(13-15-34)46-24-29(25-46)23-44-20-16-30(17-21-44)41(28-45-18-7-19-45,31-8-5-9-32(42)22-31)36-10-6-11-37(36)43-38(48)52-4/h5,8-9,12-15,22,29-30,35-37H,6-7,10-11,16-21,23-28H2,1-4H3,(H,43,48)/t36-,37-,41?/m0/s1. The first-order chi connectivity index (χ1) is 25.7. The summed E-state index contributed by atoms with van der Waals surface area (Å²) in [4.78, 5) is 33.9. The van der Waals surface area contributed by atoms with Crippen molar-refractivity contribution in [3.8, 4) is 0 Å². The molecule has 5 aliphatic rings. The van der Waals surface area contributed by atoms with Gasteiger partial charge in [0.1, 0.15) is 16.7 Å². The monoisotopic (exact) mass is 767 g/mol. The highest BCUT2D eigenvalue weighted by atomic mass is 32.2. The second-order valence-electron chi connectivity index (χ2n) is 17.4. The van der Waals surface area contributed by atoms with Gasteiger partial charge >= 0.3 is 12.2 Å². The molecule has 0 spiro atoms. The Morgan fingerprint density at radius 3 is 2.20 bits per heavy atom. The van der Waals surface area contributed by atoms with Gasteiger partial charge in [0.05, 0.1) is 12.0 Å². The zero-order valence-corrected chi connectivity index (χ0v) is 33.2. The summed E-state index contributed by atoms with van der Waals surface area (Å²) in [5.74, 6) is 0.868. The first-order valence-corrected chi connectivity index (χ1v) is 21.4. The summed E-state index contributed by atoms with van der Waals surface area (Å²) in [6, 6.07) is 14.5. The van der Waals surface area contributed by atoms with Crippen molar-refractivity contribution in [3.05, 3.63) is 59.9 Å². The molecule has 13 heteroatoms. The molecule has 2 aromatic rings. The highest BCUT2D eigenvalue weighted by Crippen LogP contribution is 2.51. The van der Waals surface area contributed by atoms with Gasteiger partial charge in [-0.05, 0) is 133 Å². The molecule has 3 atom stereocenters. The summed E-state index contributed by atoms with van der Waals surface area (Å²) in [6.07, 6.45) is 5.29.